The van der Waals surface area contributed by atoms with E-state index in [0.717, 1.165) is 29.8 Å². The molecule has 5 nitrogen and oxygen atoms in total. The molecule has 4 rings (SSSR count). The van der Waals surface area contributed by atoms with Crippen LogP contribution in [0, 0.1) is 18.5 Å². The molecule has 0 heterocycles. The highest BCUT2D eigenvalue weighted by Gasteiger charge is 2.13. The molecular formula is C29H22I2N2O3. The maximum Gasteiger partial charge on any atom is 0.266 e. The van der Waals surface area contributed by atoms with Gasteiger partial charge < -0.3 is 14.8 Å². The highest BCUT2D eigenvalue weighted by atomic mass is 127. The van der Waals surface area contributed by atoms with E-state index in [1.165, 1.54) is 10.8 Å². The number of benzene rings is 4. The summed E-state index contributed by atoms with van der Waals surface area (Å²) in [6.07, 6.45) is 1.58. The number of halogens is 2. The van der Waals surface area contributed by atoms with E-state index >= 15 is 0 Å². The van der Waals surface area contributed by atoms with E-state index in [1.54, 1.807) is 30.3 Å². The van der Waals surface area contributed by atoms with Crippen LogP contribution in [0.1, 0.15) is 18.1 Å². The number of nitriles is 1. The molecule has 0 radical (unpaired) electrons. The lowest BCUT2D eigenvalue weighted by Crippen LogP contribution is -2.13. The molecule has 1 amide bonds. The third kappa shape index (κ3) is 6.56. The summed E-state index contributed by atoms with van der Waals surface area (Å²) in [5.41, 5.74) is 2.44. The predicted octanol–water partition coefficient (Wildman–Crippen LogP) is 7.57. The van der Waals surface area contributed by atoms with Gasteiger partial charge >= 0.3 is 0 Å². The fourth-order valence-corrected chi connectivity index (χ4v) is 5.73. The van der Waals surface area contributed by atoms with Crippen LogP contribution in [0.3, 0.4) is 0 Å². The summed E-state index contributed by atoms with van der Waals surface area (Å²) >= 11 is 4.44. The number of carbonyl (C=O) groups excluding carboxylic acids is 1. The highest BCUT2D eigenvalue weighted by Crippen LogP contribution is 2.31. The second-order valence-corrected chi connectivity index (χ2v) is 10.2. The number of amides is 1. The lowest BCUT2D eigenvalue weighted by atomic mass is 10.1. The van der Waals surface area contributed by atoms with Gasteiger partial charge in [-0.25, -0.2) is 0 Å². The normalized spacial score (nSPS) is 11.1. The zero-order chi connectivity index (χ0) is 25.5. The van der Waals surface area contributed by atoms with Crippen LogP contribution in [0.15, 0.2) is 84.4 Å². The van der Waals surface area contributed by atoms with Gasteiger partial charge in [-0.3, -0.25) is 4.79 Å². The van der Waals surface area contributed by atoms with Crippen LogP contribution >= 0.6 is 45.2 Å². The topological polar surface area (TPSA) is 71.3 Å². The SMILES string of the molecule is CCOc1ccc(NC(=O)/C(C#N)=C\c2cc(I)c(OCc3ccc4ccccc4c3)c(I)c2)cc1. The van der Waals surface area contributed by atoms with E-state index in [9.17, 15) is 10.1 Å². The maximum atomic E-state index is 12.7. The number of hydrogen-bond acceptors (Lipinski definition) is 4. The van der Waals surface area contributed by atoms with Crippen LogP contribution in [0.5, 0.6) is 11.5 Å². The second kappa shape index (κ2) is 12.2. The van der Waals surface area contributed by atoms with E-state index in [-0.39, 0.29) is 5.57 Å². The van der Waals surface area contributed by atoms with Gasteiger partial charge in [0.1, 0.15) is 29.7 Å². The zero-order valence-corrected chi connectivity index (χ0v) is 23.7. The summed E-state index contributed by atoms with van der Waals surface area (Å²) in [7, 11) is 0. The van der Waals surface area contributed by atoms with Crippen molar-refractivity contribution in [3.63, 3.8) is 0 Å². The smallest absolute Gasteiger partial charge is 0.266 e. The largest absolute Gasteiger partial charge is 0.494 e. The Morgan fingerprint density at radius 2 is 1.64 bits per heavy atom. The van der Waals surface area contributed by atoms with Crippen LogP contribution in [0.25, 0.3) is 16.8 Å². The fraction of sp³-hybridized carbons (Fsp3) is 0.103. The number of ether oxygens (including phenoxy) is 2. The van der Waals surface area contributed by atoms with Crippen molar-refractivity contribution >= 4 is 73.6 Å². The lowest BCUT2D eigenvalue weighted by Gasteiger charge is -2.12. The molecule has 4 aromatic carbocycles. The Morgan fingerprint density at radius 3 is 2.31 bits per heavy atom. The Labute approximate surface area is 237 Å². The summed E-state index contributed by atoms with van der Waals surface area (Å²) in [6.45, 7) is 2.92. The standard InChI is InChI=1S/C29H22I2N2O3/c1-2-35-25-11-9-24(10-12-25)33-29(34)23(17-32)14-20-15-26(30)28(27(31)16-20)36-18-19-7-8-21-5-3-4-6-22(21)13-19/h3-16H,2,18H2,1H3,(H,33,34)/b23-14-. The van der Waals surface area contributed by atoms with E-state index < -0.39 is 5.91 Å². The number of nitrogens with zero attached hydrogens (tertiary/aromatic N) is 1. The summed E-state index contributed by atoms with van der Waals surface area (Å²) in [5, 5.41) is 14.7. The molecule has 0 aromatic heterocycles. The maximum absolute atomic E-state index is 12.7. The lowest BCUT2D eigenvalue weighted by molar-refractivity contribution is -0.112. The molecule has 0 spiro atoms. The van der Waals surface area contributed by atoms with Gasteiger partial charge in [0.15, 0.2) is 0 Å². The van der Waals surface area contributed by atoms with Crippen molar-refractivity contribution in [3.05, 3.63) is 103 Å². The molecule has 0 unspecified atom stereocenters. The van der Waals surface area contributed by atoms with Crippen LogP contribution < -0.4 is 14.8 Å². The van der Waals surface area contributed by atoms with Gasteiger partial charge in [0.25, 0.3) is 5.91 Å². The molecular weight excluding hydrogens is 678 g/mol. The number of fused-ring (bicyclic) bond motifs is 1. The van der Waals surface area contributed by atoms with Gasteiger partial charge in [0.2, 0.25) is 0 Å². The van der Waals surface area contributed by atoms with E-state index in [1.807, 2.05) is 37.3 Å². The molecule has 0 fully saturated rings. The van der Waals surface area contributed by atoms with Crippen molar-refractivity contribution in [2.45, 2.75) is 13.5 Å². The number of nitrogens with one attached hydrogen (secondary N) is 1. The Morgan fingerprint density at radius 1 is 0.944 bits per heavy atom. The zero-order valence-electron chi connectivity index (χ0n) is 19.4. The number of hydrogen-bond donors (Lipinski definition) is 1. The molecule has 0 bridgehead atoms. The summed E-state index contributed by atoms with van der Waals surface area (Å²) in [4.78, 5) is 12.7. The summed E-state index contributed by atoms with van der Waals surface area (Å²) in [6, 6.07) is 27.4. The van der Waals surface area contributed by atoms with Crippen LogP contribution in [0.4, 0.5) is 5.69 Å². The van der Waals surface area contributed by atoms with E-state index in [0.29, 0.717) is 18.9 Å². The third-order valence-corrected chi connectivity index (χ3v) is 6.92. The molecule has 4 aromatic rings. The quantitative estimate of drug-likeness (QED) is 0.117. The first-order chi connectivity index (χ1) is 17.5. The molecule has 7 heteroatoms. The van der Waals surface area contributed by atoms with Crippen LogP contribution in [-0.2, 0) is 11.4 Å². The first kappa shape index (κ1) is 26.0. The van der Waals surface area contributed by atoms with Crippen molar-refractivity contribution in [2.24, 2.45) is 0 Å². The molecule has 0 aliphatic heterocycles. The number of anilines is 1. The average molecular weight is 700 g/mol. The molecule has 0 aliphatic rings. The molecule has 0 atom stereocenters. The summed E-state index contributed by atoms with van der Waals surface area (Å²) in [5.74, 6) is 1.03. The minimum atomic E-state index is -0.469. The third-order valence-electron chi connectivity index (χ3n) is 5.32. The Hall–Kier alpha value is -3.10. The van der Waals surface area contributed by atoms with Gasteiger partial charge in [-0.1, -0.05) is 36.4 Å². The van der Waals surface area contributed by atoms with E-state index in [4.69, 9.17) is 9.47 Å². The first-order valence-corrected chi connectivity index (χ1v) is 13.4. The van der Waals surface area contributed by atoms with Gasteiger partial charge in [-0.2, -0.15) is 5.26 Å². The van der Waals surface area contributed by atoms with Crippen molar-refractivity contribution in [2.75, 3.05) is 11.9 Å². The fourth-order valence-electron chi connectivity index (χ4n) is 3.60. The molecule has 0 saturated carbocycles. The molecule has 180 valence electrons. The van der Waals surface area contributed by atoms with Crippen molar-refractivity contribution in [1.29, 1.82) is 5.26 Å². The van der Waals surface area contributed by atoms with Gasteiger partial charge in [-0.15, -0.1) is 0 Å². The van der Waals surface area contributed by atoms with Crippen LogP contribution in [0.2, 0.25) is 0 Å². The molecule has 0 saturated heterocycles. The average Bonchev–Trinajstić information content (AvgIpc) is 2.88. The monoisotopic (exact) mass is 700 g/mol. The van der Waals surface area contributed by atoms with Crippen molar-refractivity contribution < 1.29 is 14.3 Å². The van der Waals surface area contributed by atoms with Crippen LogP contribution in [-0.4, -0.2) is 12.5 Å². The first-order valence-electron chi connectivity index (χ1n) is 11.2. The minimum Gasteiger partial charge on any atom is -0.494 e. The Bertz CT molecular complexity index is 1450. The van der Waals surface area contributed by atoms with Gasteiger partial charge in [-0.05, 0) is 123 Å². The predicted molar refractivity (Wildman–Crippen MR) is 160 cm³/mol. The van der Waals surface area contributed by atoms with Gasteiger partial charge in [0, 0.05) is 5.69 Å². The van der Waals surface area contributed by atoms with E-state index in [2.05, 4.69) is 80.8 Å². The van der Waals surface area contributed by atoms with Crippen molar-refractivity contribution in [1.82, 2.24) is 0 Å². The molecule has 0 aliphatic carbocycles. The van der Waals surface area contributed by atoms with Crippen molar-refractivity contribution in [3.8, 4) is 17.6 Å². The molecule has 1 N–H and O–H groups in total. The number of rotatable bonds is 8. The van der Waals surface area contributed by atoms with Gasteiger partial charge in [0.05, 0.1) is 13.7 Å². The minimum absolute atomic E-state index is 0.0142. The molecule has 36 heavy (non-hydrogen) atoms. The number of carbonyl (C=O) groups is 1. The Balaban J connectivity index is 1.47. The Kier molecular flexibility index (Phi) is 8.83. The second-order valence-electron chi connectivity index (χ2n) is 7.87. The summed E-state index contributed by atoms with van der Waals surface area (Å²) < 4.78 is 13.4. The highest BCUT2D eigenvalue weighted by molar-refractivity contribution is 14.1.